The number of benzene rings is 1. The third-order valence-corrected chi connectivity index (χ3v) is 3.63. The van der Waals surface area contributed by atoms with Gasteiger partial charge in [-0.1, -0.05) is 11.6 Å². The fourth-order valence-corrected chi connectivity index (χ4v) is 2.22. The molecule has 2 heterocycles. The lowest BCUT2D eigenvalue weighted by Crippen LogP contribution is -2.02. The van der Waals surface area contributed by atoms with Crippen molar-refractivity contribution in [2.45, 2.75) is 13.8 Å². The van der Waals surface area contributed by atoms with Gasteiger partial charge in [0.25, 0.3) is 0 Å². The van der Waals surface area contributed by atoms with E-state index in [-0.39, 0.29) is 11.0 Å². The molecule has 0 unspecified atom stereocenters. The van der Waals surface area contributed by atoms with Crippen LogP contribution >= 0.6 is 11.6 Å². The lowest BCUT2D eigenvalue weighted by atomic mass is 10.1. The third-order valence-electron chi connectivity index (χ3n) is 3.27. The van der Waals surface area contributed by atoms with Gasteiger partial charge in [0.2, 0.25) is 0 Å². The average molecular weight is 313 g/mol. The van der Waals surface area contributed by atoms with Gasteiger partial charge < -0.3 is 0 Å². The molecule has 4 nitrogen and oxygen atoms in total. The van der Waals surface area contributed by atoms with Crippen LogP contribution in [-0.4, -0.2) is 19.8 Å². The summed E-state index contributed by atoms with van der Waals surface area (Å²) in [6.07, 6.45) is 0. The van der Waals surface area contributed by atoms with Crippen molar-refractivity contribution in [3.05, 3.63) is 45.9 Å². The summed E-state index contributed by atoms with van der Waals surface area (Å²) in [5, 5.41) is 11.8. The first-order valence-corrected chi connectivity index (χ1v) is 6.31. The molecule has 0 aliphatic carbocycles. The summed E-state index contributed by atoms with van der Waals surface area (Å²) < 4.78 is 41.9. The molecule has 1 aromatic carbocycles. The second kappa shape index (κ2) is 4.70. The van der Waals surface area contributed by atoms with Crippen molar-refractivity contribution in [3.63, 3.8) is 0 Å². The normalized spacial score (nSPS) is 11.3. The van der Waals surface area contributed by atoms with Crippen LogP contribution in [0.4, 0.5) is 13.2 Å². The van der Waals surface area contributed by atoms with Crippen LogP contribution < -0.4 is 0 Å². The molecular weight excluding hydrogens is 305 g/mol. The molecule has 0 aliphatic heterocycles. The summed E-state index contributed by atoms with van der Waals surface area (Å²) in [4.78, 5) is 0. The van der Waals surface area contributed by atoms with Gasteiger partial charge in [-0.3, -0.25) is 0 Å². The van der Waals surface area contributed by atoms with E-state index in [1.807, 2.05) is 0 Å². The van der Waals surface area contributed by atoms with E-state index in [1.54, 1.807) is 13.8 Å². The van der Waals surface area contributed by atoms with Crippen molar-refractivity contribution in [2.24, 2.45) is 0 Å². The number of fused-ring (bicyclic) bond motifs is 1. The van der Waals surface area contributed by atoms with E-state index in [4.69, 9.17) is 11.6 Å². The van der Waals surface area contributed by atoms with Crippen LogP contribution in [0.25, 0.3) is 17.0 Å². The molecule has 0 bridgehead atoms. The van der Waals surface area contributed by atoms with Crippen molar-refractivity contribution >= 4 is 17.2 Å². The molecule has 3 aromatic rings. The lowest BCUT2D eigenvalue weighted by molar-refractivity contribution is 0.546. The van der Waals surface area contributed by atoms with Gasteiger partial charge >= 0.3 is 0 Å². The largest absolute Gasteiger partial charge is 0.207 e. The van der Waals surface area contributed by atoms with Crippen molar-refractivity contribution in [1.29, 1.82) is 0 Å². The number of hydrogen-bond donors (Lipinski definition) is 0. The molecule has 3 rings (SSSR count). The Bertz CT molecular complexity index is 852. The summed E-state index contributed by atoms with van der Waals surface area (Å²) in [7, 11) is 0. The smallest absolute Gasteiger partial charge is 0.191 e. The third kappa shape index (κ3) is 2.04. The fourth-order valence-electron chi connectivity index (χ4n) is 2.01. The van der Waals surface area contributed by atoms with Gasteiger partial charge in [-0.15, -0.1) is 10.2 Å². The fraction of sp³-hybridized carbons (Fsp3) is 0.154. The van der Waals surface area contributed by atoms with Crippen LogP contribution in [0.1, 0.15) is 11.1 Å². The molecular formula is C13H8ClF3N4. The second-order valence-corrected chi connectivity index (χ2v) is 4.90. The number of nitrogens with zero attached hydrogens (tertiary/aromatic N) is 4. The number of hydrogen-bond acceptors (Lipinski definition) is 3. The summed E-state index contributed by atoms with van der Waals surface area (Å²) in [5.74, 6) is -3.36. The van der Waals surface area contributed by atoms with E-state index in [2.05, 4.69) is 15.3 Å². The number of aryl methyl sites for hydroxylation is 1. The number of aromatic nitrogens is 4. The molecule has 0 amide bonds. The molecule has 21 heavy (non-hydrogen) atoms. The Morgan fingerprint density at radius 2 is 1.62 bits per heavy atom. The van der Waals surface area contributed by atoms with E-state index in [0.29, 0.717) is 28.9 Å². The molecule has 0 atom stereocenters. The van der Waals surface area contributed by atoms with Crippen LogP contribution in [0, 0.1) is 31.3 Å². The predicted octanol–water partition coefficient (Wildman–Crippen LogP) is 3.48. The van der Waals surface area contributed by atoms with Crippen molar-refractivity contribution in [2.75, 3.05) is 0 Å². The Kier molecular flexibility index (Phi) is 3.09. The maximum atomic E-state index is 13.9. The minimum atomic E-state index is -1.09. The van der Waals surface area contributed by atoms with Gasteiger partial charge in [-0.05, 0) is 19.4 Å². The Balaban J connectivity index is 2.38. The van der Waals surface area contributed by atoms with E-state index >= 15 is 0 Å². The molecule has 0 fully saturated rings. The molecule has 0 aliphatic rings. The predicted molar refractivity (Wildman–Crippen MR) is 70.6 cm³/mol. The van der Waals surface area contributed by atoms with Crippen LogP contribution in [0.15, 0.2) is 12.1 Å². The lowest BCUT2D eigenvalue weighted by Gasteiger charge is -2.06. The quantitative estimate of drug-likeness (QED) is 0.691. The summed E-state index contributed by atoms with van der Waals surface area (Å²) in [6, 6.07) is 1.14. The van der Waals surface area contributed by atoms with Crippen LogP contribution in [0.3, 0.4) is 0 Å². The first kappa shape index (κ1) is 13.8. The minimum absolute atomic E-state index is 0.170. The Hall–Kier alpha value is -2.15. The van der Waals surface area contributed by atoms with Crippen LogP contribution in [-0.2, 0) is 0 Å². The molecule has 0 N–H and O–H groups in total. The van der Waals surface area contributed by atoms with Crippen LogP contribution in [0.2, 0.25) is 5.15 Å². The highest BCUT2D eigenvalue weighted by atomic mass is 35.5. The molecule has 108 valence electrons. The van der Waals surface area contributed by atoms with Crippen molar-refractivity contribution < 1.29 is 13.2 Å². The standard InChI is InChI=1S/C13H8ClF3N4/c1-5-6(2)12-18-19-13(21(12)20-11(5)14)10-8(16)3-7(15)4-9(10)17/h3-4H,1-2H3. The van der Waals surface area contributed by atoms with Crippen LogP contribution in [0.5, 0.6) is 0 Å². The van der Waals surface area contributed by atoms with Gasteiger partial charge in [0.15, 0.2) is 16.6 Å². The summed E-state index contributed by atoms with van der Waals surface area (Å²) >= 11 is 5.98. The van der Waals surface area contributed by atoms with Gasteiger partial charge in [-0.25, -0.2) is 13.2 Å². The monoisotopic (exact) mass is 312 g/mol. The van der Waals surface area contributed by atoms with Crippen molar-refractivity contribution in [1.82, 2.24) is 19.8 Å². The summed E-state index contributed by atoms with van der Waals surface area (Å²) in [5.41, 5.74) is 1.21. The zero-order valence-corrected chi connectivity index (χ0v) is 11.7. The summed E-state index contributed by atoms with van der Waals surface area (Å²) in [6.45, 7) is 3.49. The maximum Gasteiger partial charge on any atom is 0.191 e. The minimum Gasteiger partial charge on any atom is -0.207 e. The second-order valence-electron chi connectivity index (χ2n) is 4.54. The Morgan fingerprint density at radius 3 is 2.24 bits per heavy atom. The highest BCUT2D eigenvalue weighted by molar-refractivity contribution is 6.30. The van der Waals surface area contributed by atoms with Gasteiger partial charge in [0.1, 0.15) is 17.5 Å². The molecule has 2 aromatic heterocycles. The number of rotatable bonds is 1. The highest BCUT2D eigenvalue weighted by Gasteiger charge is 2.21. The van der Waals surface area contributed by atoms with Gasteiger partial charge in [0.05, 0.1) is 5.56 Å². The zero-order valence-electron chi connectivity index (χ0n) is 11.0. The molecule has 0 spiro atoms. The van der Waals surface area contributed by atoms with Crippen molar-refractivity contribution in [3.8, 4) is 11.4 Å². The molecule has 0 saturated heterocycles. The van der Waals surface area contributed by atoms with E-state index in [9.17, 15) is 13.2 Å². The molecule has 0 saturated carbocycles. The van der Waals surface area contributed by atoms with E-state index in [0.717, 1.165) is 4.52 Å². The molecule has 8 heteroatoms. The van der Waals surface area contributed by atoms with E-state index in [1.165, 1.54) is 0 Å². The Labute approximate surface area is 122 Å². The first-order chi connectivity index (χ1) is 9.90. The highest BCUT2D eigenvalue weighted by Crippen LogP contribution is 2.28. The van der Waals surface area contributed by atoms with Gasteiger partial charge in [-0.2, -0.15) is 9.61 Å². The zero-order chi connectivity index (χ0) is 15.3. The SMILES string of the molecule is Cc1c(Cl)nn2c(-c3c(F)cc(F)cc3F)nnc2c1C. The topological polar surface area (TPSA) is 43.1 Å². The van der Waals surface area contributed by atoms with Gasteiger partial charge in [0, 0.05) is 17.7 Å². The van der Waals surface area contributed by atoms with E-state index < -0.39 is 23.0 Å². The Morgan fingerprint density at radius 1 is 1.00 bits per heavy atom. The number of halogens is 4. The molecule has 0 radical (unpaired) electrons. The first-order valence-electron chi connectivity index (χ1n) is 5.93. The average Bonchev–Trinajstić information content (AvgIpc) is 2.79. The maximum absolute atomic E-state index is 13.9.